The Labute approximate surface area is 123 Å². The molecule has 1 aromatic heterocycles. The van der Waals surface area contributed by atoms with Crippen LogP contribution in [-0.4, -0.2) is 16.6 Å². The molecule has 0 unspecified atom stereocenters. The summed E-state index contributed by atoms with van der Waals surface area (Å²) in [5.74, 6) is -0.551. The van der Waals surface area contributed by atoms with E-state index in [0.717, 1.165) is 11.3 Å². The maximum Gasteiger partial charge on any atom is 0.323 e. The van der Waals surface area contributed by atoms with Crippen molar-refractivity contribution in [3.05, 3.63) is 50.9 Å². The average molecular weight is 306 g/mol. The Kier molecular flexibility index (Phi) is 3.99. The maximum atomic E-state index is 11.3. The van der Waals surface area contributed by atoms with Gasteiger partial charge in [0.1, 0.15) is 5.75 Å². The number of rotatable bonds is 5. The Hall–Kier alpha value is -2.74. The molecule has 0 fully saturated rings. The molecule has 0 radical (unpaired) electrons. The van der Waals surface area contributed by atoms with Crippen LogP contribution in [0.4, 0.5) is 5.69 Å². The molecule has 7 nitrogen and oxygen atoms in total. The van der Waals surface area contributed by atoms with Crippen molar-refractivity contribution in [2.75, 3.05) is 0 Å². The molecule has 0 aliphatic heterocycles. The normalized spacial score (nSPS) is 10.1. The van der Waals surface area contributed by atoms with Crippen LogP contribution < -0.4 is 10.5 Å². The van der Waals surface area contributed by atoms with E-state index in [4.69, 9.17) is 10.5 Å². The predicted molar refractivity (Wildman–Crippen MR) is 76.0 cm³/mol. The Balaban J connectivity index is 2.32. The van der Waals surface area contributed by atoms with Gasteiger partial charge in [0.25, 0.3) is 5.06 Å². The Morgan fingerprint density at radius 3 is 2.38 bits per heavy atom. The van der Waals surface area contributed by atoms with Crippen molar-refractivity contribution in [3.8, 4) is 10.8 Å². The number of amides is 1. The topological polar surface area (TPSA) is 113 Å². The van der Waals surface area contributed by atoms with E-state index in [1.54, 1.807) is 0 Å². The van der Waals surface area contributed by atoms with Crippen LogP contribution in [-0.2, 0) is 0 Å². The van der Waals surface area contributed by atoms with Gasteiger partial charge in [-0.15, -0.1) is 0 Å². The fourth-order valence-electron chi connectivity index (χ4n) is 1.53. The van der Waals surface area contributed by atoms with E-state index in [-0.39, 0.29) is 21.4 Å². The van der Waals surface area contributed by atoms with Crippen LogP contribution in [0.3, 0.4) is 0 Å². The Bertz CT molecular complexity index is 721. The van der Waals surface area contributed by atoms with Gasteiger partial charge in [-0.25, -0.2) is 0 Å². The number of carbonyl (C=O) groups is 2. The molecule has 0 atom stereocenters. The highest BCUT2D eigenvalue weighted by molar-refractivity contribution is 7.16. The summed E-state index contributed by atoms with van der Waals surface area (Å²) in [7, 11) is 0. The fourth-order valence-corrected chi connectivity index (χ4v) is 2.42. The van der Waals surface area contributed by atoms with Gasteiger partial charge in [0, 0.05) is 11.6 Å². The summed E-state index contributed by atoms with van der Waals surface area (Å²) in [6.45, 7) is 1.32. The Morgan fingerprint density at radius 1 is 1.29 bits per heavy atom. The molecule has 0 saturated heterocycles. The number of primary amides is 1. The van der Waals surface area contributed by atoms with Gasteiger partial charge in [-0.2, -0.15) is 0 Å². The number of Topliss-reactive ketones (excluding diaryl/α,β-unsaturated/α-hetero) is 1. The van der Waals surface area contributed by atoms with Crippen molar-refractivity contribution in [3.63, 3.8) is 0 Å². The summed E-state index contributed by atoms with van der Waals surface area (Å²) in [5.41, 5.74) is 5.14. The molecule has 2 N–H and O–H groups in total. The Morgan fingerprint density at radius 2 is 1.90 bits per heavy atom. The molecular formula is C13H10N2O5S. The fraction of sp³-hybridized carbons (Fsp3) is 0.0769. The van der Waals surface area contributed by atoms with E-state index in [2.05, 4.69) is 0 Å². The molecule has 1 aromatic carbocycles. The average Bonchev–Trinajstić information content (AvgIpc) is 2.83. The molecule has 1 amide bonds. The van der Waals surface area contributed by atoms with Gasteiger partial charge in [-0.1, -0.05) is 11.3 Å². The van der Waals surface area contributed by atoms with E-state index in [9.17, 15) is 19.7 Å². The van der Waals surface area contributed by atoms with Crippen LogP contribution in [0.15, 0.2) is 30.3 Å². The molecule has 108 valence electrons. The number of nitrogens with zero attached hydrogens (tertiary/aromatic N) is 1. The standard InChI is InChI=1S/C13H10N2O5S/c1-7(16)11-6-10(15(18)19)13(21-11)20-9-4-2-8(3-5-9)12(14)17/h2-6H,1H3,(H2,14,17). The predicted octanol–water partition coefficient (Wildman–Crippen LogP) is 2.75. The minimum atomic E-state index is -0.615. The molecule has 0 spiro atoms. The number of nitrogens with two attached hydrogens (primary N) is 1. The van der Waals surface area contributed by atoms with Gasteiger partial charge in [0.15, 0.2) is 5.78 Å². The summed E-state index contributed by atoms with van der Waals surface area (Å²) in [4.78, 5) is 32.8. The van der Waals surface area contributed by atoms with Crippen molar-refractivity contribution < 1.29 is 19.2 Å². The number of nitro groups is 1. The molecule has 0 saturated carbocycles. The van der Waals surface area contributed by atoms with Crippen LogP contribution in [0, 0.1) is 10.1 Å². The molecule has 0 aliphatic rings. The number of hydrogen-bond donors (Lipinski definition) is 1. The summed E-state index contributed by atoms with van der Waals surface area (Å²) in [5, 5.41) is 11.0. The highest BCUT2D eigenvalue weighted by Crippen LogP contribution is 2.39. The number of hydrogen-bond acceptors (Lipinski definition) is 6. The first-order valence-electron chi connectivity index (χ1n) is 5.75. The lowest BCUT2D eigenvalue weighted by molar-refractivity contribution is -0.385. The lowest BCUT2D eigenvalue weighted by atomic mass is 10.2. The van der Waals surface area contributed by atoms with Gasteiger partial charge in [-0.05, 0) is 31.2 Å². The molecule has 8 heteroatoms. The third kappa shape index (κ3) is 3.23. The molecule has 0 aliphatic carbocycles. The second kappa shape index (κ2) is 5.71. The second-order valence-electron chi connectivity index (χ2n) is 4.09. The smallest absolute Gasteiger partial charge is 0.323 e. The zero-order valence-electron chi connectivity index (χ0n) is 10.9. The van der Waals surface area contributed by atoms with Crippen LogP contribution in [0.1, 0.15) is 27.0 Å². The van der Waals surface area contributed by atoms with Gasteiger partial charge in [-0.3, -0.25) is 19.7 Å². The lowest BCUT2D eigenvalue weighted by Crippen LogP contribution is -2.10. The van der Waals surface area contributed by atoms with Crippen LogP contribution in [0.25, 0.3) is 0 Å². The maximum absolute atomic E-state index is 11.3. The SMILES string of the molecule is CC(=O)c1cc([N+](=O)[O-])c(Oc2ccc(C(N)=O)cc2)s1. The quantitative estimate of drug-likeness (QED) is 0.518. The summed E-state index contributed by atoms with van der Waals surface area (Å²) < 4.78 is 5.41. The minimum absolute atomic E-state index is 0.0111. The van der Waals surface area contributed by atoms with E-state index in [1.807, 2.05) is 0 Å². The second-order valence-corrected chi connectivity index (χ2v) is 5.10. The van der Waals surface area contributed by atoms with Crippen molar-refractivity contribution in [2.24, 2.45) is 5.73 Å². The van der Waals surface area contributed by atoms with Crippen LogP contribution in [0.2, 0.25) is 0 Å². The summed E-state index contributed by atoms with van der Waals surface area (Å²) >= 11 is 0.896. The van der Waals surface area contributed by atoms with Gasteiger partial charge < -0.3 is 10.5 Å². The number of ether oxygens (including phenoxy) is 1. The molecule has 0 bridgehead atoms. The number of carbonyl (C=O) groups excluding carboxylic acids is 2. The first-order valence-corrected chi connectivity index (χ1v) is 6.57. The number of ketones is 1. The van der Waals surface area contributed by atoms with E-state index < -0.39 is 10.8 Å². The zero-order valence-corrected chi connectivity index (χ0v) is 11.7. The molecule has 2 rings (SSSR count). The summed E-state index contributed by atoms with van der Waals surface area (Å²) in [6.07, 6.45) is 0. The molecule has 21 heavy (non-hydrogen) atoms. The molecule has 2 aromatic rings. The zero-order chi connectivity index (χ0) is 15.6. The third-order valence-electron chi connectivity index (χ3n) is 2.57. The van der Waals surface area contributed by atoms with E-state index >= 15 is 0 Å². The van der Waals surface area contributed by atoms with E-state index in [1.165, 1.54) is 37.3 Å². The van der Waals surface area contributed by atoms with Crippen molar-refractivity contribution >= 4 is 28.7 Å². The minimum Gasteiger partial charge on any atom is -0.440 e. The first kappa shape index (κ1) is 14.7. The highest BCUT2D eigenvalue weighted by atomic mass is 32.1. The molecular weight excluding hydrogens is 296 g/mol. The van der Waals surface area contributed by atoms with Crippen molar-refractivity contribution in [1.82, 2.24) is 0 Å². The van der Waals surface area contributed by atoms with Gasteiger partial charge >= 0.3 is 5.69 Å². The van der Waals surface area contributed by atoms with E-state index in [0.29, 0.717) is 11.3 Å². The number of benzene rings is 1. The highest BCUT2D eigenvalue weighted by Gasteiger charge is 2.23. The largest absolute Gasteiger partial charge is 0.440 e. The van der Waals surface area contributed by atoms with Gasteiger partial charge in [0.05, 0.1) is 9.80 Å². The van der Waals surface area contributed by atoms with Gasteiger partial charge in [0.2, 0.25) is 5.91 Å². The lowest BCUT2D eigenvalue weighted by Gasteiger charge is -2.03. The monoisotopic (exact) mass is 306 g/mol. The first-order chi connectivity index (χ1) is 9.88. The number of thiophene rings is 1. The third-order valence-corrected chi connectivity index (χ3v) is 3.68. The van der Waals surface area contributed by atoms with Crippen molar-refractivity contribution in [1.29, 1.82) is 0 Å². The summed E-state index contributed by atoms with van der Waals surface area (Å²) in [6, 6.07) is 7.01. The van der Waals surface area contributed by atoms with Crippen LogP contribution >= 0.6 is 11.3 Å². The van der Waals surface area contributed by atoms with Crippen LogP contribution in [0.5, 0.6) is 10.8 Å². The molecule has 1 heterocycles. The van der Waals surface area contributed by atoms with Crippen molar-refractivity contribution in [2.45, 2.75) is 6.92 Å².